The summed E-state index contributed by atoms with van der Waals surface area (Å²) >= 11 is 0. The number of nitrogens with one attached hydrogen (secondary N) is 2. The van der Waals surface area contributed by atoms with E-state index in [2.05, 4.69) is 10.3 Å². The van der Waals surface area contributed by atoms with Gasteiger partial charge in [-0.3, -0.25) is 20.0 Å². The molecule has 0 aliphatic rings. The quantitative estimate of drug-likeness (QED) is 0.523. The highest BCUT2D eigenvalue weighted by atomic mass is 16.4. The van der Waals surface area contributed by atoms with Gasteiger partial charge in [0.05, 0.1) is 0 Å². The molecule has 0 radical (unpaired) electrons. The lowest BCUT2D eigenvalue weighted by molar-refractivity contribution is -0.134. The Hall–Kier alpha value is -2.44. The maximum atomic E-state index is 10.9. The van der Waals surface area contributed by atoms with E-state index in [1.807, 2.05) is 0 Å². The normalized spacial score (nSPS) is 9.71. The van der Waals surface area contributed by atoms with Crippen LogP contribution in [-0.4, -0.2) is 34.2 Å². The lowest BCUT2D eigenvalue weighted by Gasteiger charge is -2.10. The molecule has 0 atom stereocenters. The summed E-state index contributed by atoms with van der Waals surface area (Å²) < 4.78 is 0. The van der Waals surface area contributed by atoms with Crippen LogP contribution in [0, 0.1) is 12.3 Å². The van der Waals surface area contributed by atoms with Crippen LogP contribution in [0.25, 0.3) is 0 Å². The summed E-state index contributed by atoms with van der Waals surface area (Å²) in [6, 6.07) is 1.55. The average molecular weight is 236 g/mol. The van der Waals surface area contributed by atoms with Crippen molar-refractivity contribution in [2.24, 2.45) is 5.73 Å². The summed E-state index contributed by atoms with van der Waals surface area (Å²) in [4.78, 5) is 25.3. The molecule has 0 unspecified atom stereocenters. The molecule has 1 heterocycles. The molecule has 1 aromatic rings. The van der Waals surface area contributed by atoms with Crippen LogP contribution >= 0.6 is 0 Å². The third kappa shape index (κ3) is 3.26. The summed E-state index contributed by atoms with van der Waals surface area (Å²) in [5.74, 6) is -1.94. The molecule has 0 aromatic carbocycles. The third-order valence-corrected chi connectivity index (χ3v) is 1.99. The third-order valence-electron chi connectivity index (χ3n) is 1.99. The van der Waals surface area contributed by atoms with Crippen molar-refractivity contribution >= 4 is 23.3 Å². The minimum absolute atomic E-state index is 0.185. The second kappa shape index (κ2) is 5.06. The summed E-state index contributed by atoms with van der Waals surface area (Å²) in [5.41, 5.74) is 5.76. The zero-order valence-electron chi connectivity index (χ0n) is 9.15. The molecule has 7 nitrogen and oxygen atoms in total. The number of carbonyl (C=O) groups is 2. The van der Waals surface area contributed by atoms with E-state index in [-0.39, 0.29) is 12.1 Å². The van der Waals surface area contributed by atoms with Gasteiger partial charge in [-0.1, -0.05) is 0 Å². The molecular weight excluding hydrogens is 224 g/mol. The maximum absolute atomic E-state index is 10.9. The smallest absolute Gasteiger partial charge is 0.322 e. The fraction of sp³-hybridized carbons (Fsp3) is 0.200. The number of primary amides is 1. The fourth-order valence-electron chi connectivity index (χ4n) is 1.21. The van der Waals surface area contributed by atoms with E-state index >= 15 is 0 Å². The van der Waals surface area contributed by atoms with E-state index in [0.717, 1.165) is 0 Å². The summed E-state index contributed by atoms with van der Waals surface area (Å²) in [7, 11) is 0. The molecule has 0 aliphatic carbocycles. The van der Waals surface area contributed by atoms with Gasteiger partial charge in [-0.05, 0) is 13.0 Å². The molecule has 90 valence electrons. The Bertz CT molecular complexity index is 484. The Morgan fingerprint density at radius 2 is 2.24 bits per heavy atom. The molecule has 1 aromatic heterocycles. The van der Waals surface area contributed by atoms with Gasteiger partial charge in [-0.25, -0.2) is 0 Å². The summed E-state index contributed by atoms with van der Waals surface area (Å²) in [6.45, 7) is 1.39. The van der Waals surface area contributed by atoms with Gasteiger partial charge in [-0.15, -0.1) is 0 Å². The van der Waals surface area contributed by atoms with E-state index in [1.54, 1.807) is 13.0 Å². The van der Waals surface area contributed by atoms with Crippen molar-refractivity contribution in [3.63, 3.8) is 0 Å². The highest BCUT2D eigenvalue weighted by Crippen LogP contribution is 2.15. The van der Waals surface area contributed by atoms with Gasteiger partial charge >= 0.3 is 5.97 Å². The first-order valence-electron chi connectivity index (χ1n) is 4.73. The second-order valence-corrected chi connectivity index (χ2v) is 3.36. The molecule has 0 saturated heterocycles. The first-order valence-corrected chi connectivity index (χ1v) is 4.73. The van der Waals surface area contributed by atoms with E-state index in [9.17, 15) is 9.59 Å². The predicted molar refractivity (Wildman–Crippen MR) is 61.1 cm³/mol. The number of hydrogen-bond donors (Lipinski definition) is 4. The zero-order valence-corrected chi connectivity index (χ0v) is 9.15. The van der Waals surface area contributed by atoms with E-state index < -0.39 is 17.6 Å². The molecule has 0 fully saturated rings. The lowest BCUT2D eigenvalue weighted by atomic mass is 10.1. The number of pyridine rings is 1. The number of carboxylic acids is 1. The molecule has 17 heavy (non-hydrogen) atoms. The first-order chi connectivity index (χ1) is 7.91. The van der Waals surface area contributed by atoms with Gasteiger partial charge < -0.3 is 16.2 Å². The van der Waals surface area contributed by atoms with Crippen LogP contribution in [0.3, 0.4) is 0 Å². The SMILES string of the molecule is Cc1cc(NCC(=O)O)c(C(=N)C(N)=O)cn1. The van der Waals surface area contributed by atoms with Gasteiger partial charge in [0.15, 0.2) is 0 Å². The van der Waals surface area contributed by atoms with E-state index in [1.165, 1.54) is 6.20 Å². The van der Waals surface area contributed by atoms with Crippen LogP contribution in [0.2, 0.25) is 0 Å². The van der Waals surface area contributed by atoms with Crippen molar-refractivity contribution in [1.82, 2.24) is 4.98 Å². The van der Waals surface area contributed by atoms with Crippen molar-refractivity contribution in [3.05, 3.63) is 23.5 Å². The molecule has 1 amide bonds. The van der Waals surface area contributed by atoms with Crippen LogP contribution < -0.4 is 11.1 Å². The number of hydrogen-bond acceptors (Lipinski definition) is 5. The van der Waals surface area contributed by atoms with Gasteiger partial charge in [0.25, 0.3) is 5.91 Å². The van der Waals surface area contributed by atoms with Crippen molar-refractivity contribution in [2.45, 2.75) is 6.92 Å². The van der Waals surface area contributed by atoms with Gasteiger partial charge in [0.2, 0.25) is 0 Å². The Kier molecular flexibility index (Phi) is 3.76. The number of aliphatic carboxylic acids is 1. The fourth-order valence-corrected chi connectivity index (χ4v) is 1.21. The number of carboxylic acid groups (broad SMARTS) is 1. The van der Waals surface area contributed by atoms with Gasteiger partial charge in [0, 0.05) is 23.1 Å². The largest absolute Gasteiger partial charge is 0.480 e. The first kappa shape index (κ1) is 12.6. The van der Waals surface area contributed by atoms with Crippen molar-refractivity contribution in [2.75, 3.05) is 11.9 Å². The molecule has 0 bridgehead atoms. The van der Waals surface area contributed by atoms with Crippen LogP contribution in [0.5, 0.6) is 0 Å². The van der Waals surface area contributed by atoms with Crippen molar-refractivity contribution in [3.8, 4) is 0 Å². The number of amides is 1. The minimum atomic E-state index is -1.05. The predicted octanol–water partition coefficient (Wildman–Crippen LogP) is -0.260. The highest BCUT2D eigenvalue weighted by molar-refractivity contribution is 6.44. The number of nitrogens with two attached hydrogens (primary N) is 1. The number of aryl methyl sites for hydroxylation is 1. The Morgan fingerprint density at radius 3 is 2.76 bits per heavy atom. The van der Waals surface area contributed by atoms with E-state index in [4.69, 9.17) is 16.2 Å². The molecule has 7 heteroatoms. The molecule has 5 N–H and O–H groups in total. The molecule has 0 saturated carbocycles. The molecular formula is C10H12N4O3. The Balaban J connectivity index is 3.07. The Labute approximate surface area is 97.2 Å². The maximum Gasteiger partial charge on any atom is 0.322 e. The van der Waals surface area contributed by atoms with Crippen LogP contribution in [0.4, 0.5) is 5.69 Å². The van der Waals surface area contributed by atoms with Crippen LogP contribution in [0.1, 0.15) is 11.3 Å². The minimum Gasteiger partial charge on any atom is -0.480 e. The number of aromatic nitrogens is 1. The topological polar surface area (TPSA) is 129 Å². The average Bonchev–Trinajstić information content (AvgIpc) is 2.25. The van der Waals surface area contributed by atoms with Crippen molar-refractivity contribution < 1.29 is 14.7 Å². The monoisotopic (exact) mass is 236 g/mol. The number of rotatable bonds is 5. The van der Waals surface area contributed by atoms with Crippen molar-refractivity contribution in [1.29, 1.82) is 5.41 Å². The molecule has 1 rings (SSSR count). The Morgan fingerprint density at radius 1 is 1.59 bits per heavy atom. The summed E-state index contributed by atoms with van der Waals surface area (Å²) in [5, 5.41) is 18.6. The van der Waals surface area contributed by atoms with Gasteiger partial charge in [0.1, 0.15) is 12.3 Å². The van der Waals surface area contributed by atoms with Crippen LogP contribution in [-0.2, 0) is 9.59 Å². The van der Waals surface area contributed by atoms with Gasteiger partial charge in [-0.2, -0.15) is 0 Å². The number of nitrogens with zero attached hydrogens (tertiary/aromatic N) is 1. The standard InChI is InChI=1S/C10H12N4O3/c1-5-2-7(14-4-8(15)16)6(3-13-5)9(11)10(12)17/h2-3,11H,4H2,1H3,(H2,12,17)(H,13,14)(H,15,16). The molecule has 0 spiro atoms. The summed E-state index contributed by atoms with van der Waals surface area (Å²) in [6.07, 6.45) is 1.31. The molecule has 0 aliphatic heterocycles. The number of carbonyl (C=O) groups excluding carboxylic acids is 1. The highest BCUT2D eigenvalue weighted by Gasteiger charge is 2.14. The van der Waals surface area contributed by atoms with Crippen LogP contribution in [0.15, 0.2) is 12.3 Å². The number of anilines is 1. The second-order valence-electron chi connectivity index (χ2n) is 3.36. The zero-order chi connectivity index (χ0) is 13.0. The van der Waals surface area contributed by atoms with E-state index in [0.29, 0.717) is 11.4 Å². The lowest BCUT2D eigenvalue weighted by Crippen LogP contribution is -2.25.